The van der Waals surface area contributed by atoms with E-state index in [-0.39, 0.29) is 16.7 Å². The number of anilines is 1. The molecule has 0 spiro atoms. The van der Waals surface area contributed by atoms with Crippen LogP contribution in [0.3, 0.4) is 0 Å². The molecule has 1 aliphatic rings. The fraction of sp³-hybridized carbons (Fsp3) is 0.235. The van der Waals surface area contributed by atoms with E-state index in [1.165, 1.54) is 24.4 Å². The number of carbonyl (C=O) groups is 1. The van der Waals surface area contributed by atoms with E-state index in [1.54, 1.807) is 19.1 Å². The molecule has 25 heavy (non-hydrogen) atoms. The zero-order valence-electron chi connectivity index (χ0n) is 13.4. The van der Waals surface area contributed by atoms with Crippen LogP contribution in [0.25, 0.3) is 0 Å². The van der Waals surface area contributed by atoms with Crippen LogP contribution in [0.2, 0.25) is 5.02 Å². The standard InChI is InChI=1S/C17H16ClFN4O2/c1-17(6-8-25-16(20)23-17)11-9-10(4-5-13(11)19)22-15(24)14-12(18)3-2-7-21-14/h2-5,7,9H,6,8H2,1H3,(H2,20,23)(H,22,24)/t17-/m0/s1. The topological polar surface area (TPSA) is 89.6 Å². The molecule has 2 heterocycles. The van der Waals surface area contributed by atoms with Crippen molar-refractivity contribution in [3.63, 3.8) is 0 Å². The number of nitrogens with one attached hydrogen (secondary N) is 1. The lowest BCUT2D eigenvalue weighted by Gasteiger charge is -2.30. The van der Waals surface area contributed by atoms with Gasteiger partial charge in [-0.25, -0.2) is 14.4 Å². The number of hydrogen-bond acceptors (Lipinski definition) is 5. The number of carbonyl (C=O) groups excluding carboxylic acids is 1. The summed E-state index contributed by atoms with van der Waals surface area (Å²) in [5.41, 5.74) is 5.58. The summed E-state index contributed by atoms with van der Waals surface area (Å²) < 4.78 is 19.5. The van der Waals surface area contributed by atoms with Crippen LogP contribution in [-0.2, 0) is 10.3 Å². The van der Waals surface area contributed by atoms with Gasteiger partial charge < -0.3 is 15.8 Å². The molecule has 0 aliphatic carbocycles. The van der Waals surface area contributed by atoms with Gasteiger partial charge in [0.2, 0.25) is 0 Å². The van der Waals surface area contributed by atoms with Crippen LogP contribution < -0.4 is 11.1 Å². The Bertz CT molecular complexity index is 858. The van der Waals surface area contributed by atoms with Gasteiger partial charge in [-0.1, -0.05) is 11.6 Å². The highest BCUT2D eigenvalue weighted by molar-refractivity contribution is 6.34. The second-order valence-electron chi connectivity index (χ2n) is 5.80. The average Bonchev–Trinajstić information content (AvgIpc) is 2.56. The van der Waals surface area contributed by atoms with Crippen molar-refractivity contribution in [2.45, 2.75) is 18.9 Å². The first-order valence-corrected chi connectivity index (χ1v) is 7.97. The first kappa shape index (κ1) is 17.2. The van der Waals surface area contributed by atoms with E-state index in [0.29, 0.717) is 24.3 Å². The monoisotopic (exact) mass is 362 g/mol. The minimum atomic E-state index is -0.865. The summed E-state index contributed by atoms with van der Waals surface area (Å²) in [6.45, 7) is 2.10. The largest absolute Gasteiger partial charge is 0.465 e. The molecule has 1 aliphatic heterocycles. The average molecular weight is 363 g/mol. The van der Waals surface area contributed by atoms with Gasteiger partial charge in [-0.3, -0.25) is 4.79 Å². The first-order chi connectivity index (χ1) is 11.9. The zero-order chi connectivity index (χ0) is 18.0. The molecule has 0 radical (unpaired) electrons. The Morgan fingerprint density at radius 2 is 2.24 bits per heavy atom. The quantitative estimate of drug-likeness (QED) is 0.878. The molecule has 1 amide bonds. The minimum absolute atomic E-state index is 0.0165. The fourth-order valence-electron chi connectivity index (χ4n) is 2.64. The molecule has 0 bridgehead atoms. The summed E-state index contributed by atoms with van der Waals surface area (Å²) in [4.78, 5) is 20.5. The normalized spacial score (nSPS) is 19.7. The van der Waals surface area contributed by atoms with Crippen LogP contribution in [0, 0.1) is 5.82 Å². The van der Waals surface area contributed by atoms with Crippen molar-refractivity contribution in [3.05, 3.63) is 58.6 Å². The third-order valence-corrected chi connectivity index (χ3v) is 4.28. The van der Waals surface area contributed by atoms with E-state index in [2.05, 4.69) is 15.3 Å². The van der Waals surface area contributed by atoms with E-state index < -0.39 is 17.3 Å². The van der Waals surface area contributed by atoms with Crippen molar-refractivity contribution in [2.75, 3.05) is 11.9 Å². The molecule has 3 rings (SSSR count). The van der Waals surface area contributed by atoms with Gasteiger partial charge in [0.25, 0.3) is 11.9 Å². The van der Waals surface area contributed by atoms with E-state index in [1.807, 2.05) is 0 Å². The first-order valence-electron chi connectivity index (χ1n) is 7.59. The summed E-state index contributed by atoms with van der Waals surface area (Å²) in [6, 6.07) is 7.49. The number of amidine groups is 1. The lowest BCUT2D eigenvalue weighted by molar-refractivity contribution is 0.102. The fourth-order valence-corrected chi connectivity index (χ4v) is 2.85. The number of ether oxygens (including phenoxy) is 1. The number of aromatic nitrogens is 1. The smallest absolute Gasteiger partial charge is 0.282 e. The summed E-state index contributed by atoms with van der Waals surface area (Å²) >= 11 is 5.97. The van der Waals surface area contributed by atoms with Crippen molar-refractivity contribution in [2.24, 2.45) is 10.7 Å². The van der Waals surface area contributed by atoms with Crippen molar-refractivity contribution in [1.82, 2.24) is 4.98 Å². The van der Waals surface area contributed by atoms with Gasteiger partial charge >= 0.3 is 0 Å². The van der Waals surface area contributed by atoms with Crippen molar-refractivity contribution >= 4 is 29.2 Å². The number of hydrogen-bond donors (Lipinski definition) is 2. The van der Waals surface area contributed by atoms with Crippen LogP contribution in [0.5, 0.6) is 0 Å². The molecule has 130 valence electrons. The van der Waals surface area contributed by atoms with Crippen molar-refractivity contribution < 1.29 is 13.9 Å². The highest BCUT2D eigenvalue weighted by Gasteiger charge is 2.33. The second-order valence-corrected chi connectivity index (χ2v) is 6.21. The second kappa shape index (κ2) is 6.68. The van der Waals surface area contributed by atoms with Gasteiger partial charge in [0, 0.05) is 23.9 Å². The Balaban J connectivity index is 1.91. The van der Waals surface area contributed by atoms with Crippen LogP contribution in [-0.4, -0.2) is 23.5 Å². The van der Waals surface area contributed by atoms with Crippen LogP contribution in [0.1, 0.15) is 29.4 Å². The van der Waals surface area contributed by atoms with E-state index >= 15 is 0 Å². The number of rotatable bonds is 3. The number of aliphatic imine (C=N–C) groups is 1. The Hall–Kier alpha value is -2.67. The van der Waals surface area contributed by atoms with Gasteiger partial charge in [-0.15, -0.1) is 0 Å². The molecule has 0 unspecified atom stereocenters. The molecule has 1 atom stereocenters. The number of amides is 1. The Morgan fingerprint density at radius 1 is 1.44 bits per heavy atom. The summed E-state index contributed by atoms with van der Waals surface area (Å²) in [7, 11) is 0. The Labute approximate surface area is 148 Å². The Morgan fingerprint density at radius 3 is 2.96 bits per heavy atom. The maximum absolute atomic E-state index is 14.4. The van der Waals surface area contributed by atoms with E-state index in [9.17, 15) is 9.18 Å². The SMILES string of the molecule is C[C@@]1(c2cc(NC(=O)c3ncccc3Cl)ccc2F)CCOC(N)=N1. The molecule has 6 nitrogen and oxygen atoms in total. The van der Waals surface area contributed by atoms with Gasteiger partial charge in [-0.2, -0.15) is 0 Å². The van der Waals surface area contributed by atoms with Gasteiger partial charge in [-0.05, 0) is 37.3 Å². The number of nitrogens with zero attached hydrogens (tertiary/aromatic N) is 2. The van der Waals surface area contributed by atoms with E-state index in [0.717, 1.165) is 0 Å². The molecular weight excluding hydrogens is 347 g/mol. The lowest BCUT2D eigenvalue weighted by Crippen LogP contribution is -2.34. The van der Waals surface area contributed by atoms with Gasteiger partial charge in [0.05, 0.1) is 17.2 Å². The highest BCUT2D eigenvalue weighted by atomic mass is 35.5. The molecule has 1 aromatic heterocycles. The summed E-state index contributed by atoms with van der Waals surface area (Å²) in [6.07, 6.45) is 1.94. The van der Waals surface area contributed by atoms with Crippen molar-refractivity contribution in [3.8, 4) is 0 Å². The molecule has 2 aromatic rings. The van der Waals surface area contributed by atoms with E-state index in [4.69, 9.17) is 22.1 Å². The molecule has 8 heteroatoms. The summed E-state index contributed by atoms with van der Waals surface area (Å²) in [5.74, 6) is -0.918. The molecule has 1 aromatic carbocycles. The predicted molar refractivity (Wildman–Crippen MR) is 93.1 cm³/mol. The maximum atomic E-state index is 14.4. The molecule has 0 fully saturated rings. The molecular formula is C17H16ClFN4O2. The van der Waals surface area contributed by atoms with Crippen molar-refractivity contribution in [1.29, 1.82) is 0 Å². The lowest BCUT2D eigenvalue weighted by atomic mass is 9.88. The van der Waals surface area contributed by atoms with Gasteiger partial charge in [0.15, 0.2) is 0 Å². The third-order valence-electron chi connectivity index (χ3n) is 3.97. The van der Waals surface area contributed by atoms with Crippen LogP contribution >= 0.6 is 11.6 Å². The van der Waals surface area contributed by atoms with Crippen LogP contribution in [0.15, 0.2) is 41.5 Å². The number of pyridine rings is 1. The molecule has 3 N–H and O–H groups in total. The van der Waals surface area contributed by atoms with Crippen LogP contribution in [0.4, 0.5) is 10.1 Å². The minimum Gasteiger partial charge on any atom is -0.465 e. The summed E-state index contributed by atoms with van der Waals surface area (Å²) in [5, 5.41) is 2.90. The third kappa shape index (κ3) is 3.56. The molecule has 0 saturated heterocycles. The number of nitrogens with two attached hydrogens (primary N) is 1. The van der Waals surface area contributed by atoms with Gasteiger partial charge in [0.1, 0.15) is 11.5 Å². The number of halogens is 2. The molecule has 0 saturated carbocycles. The maximum Gasteiger partial charge on any atom is 0.282 e. The zero-order valence-corrected chi connectivity index (χ0v) is 14.2. The predicted octanol–water partition coefficient (Wildman–Crippen LogP) is 3.08. The Kier molecular flexibility index (Phi) is 4.59. The highest BCUT2D eigenvalue weighted by Crippen LogP contribution is 2.35. The number of benzene rings is 1.